The van der Waals surface area contributed by atoms with E-state index in [9.17, 15) is 9.59 Å². The molecule has 0 aromatic heterocycles. The van der Waals surface area contributed by atoms with E-state index in [4.69, 9.17) is 4.74 Å². The van der Waals surface area contributed by atoms with Crippen LogP contribution in [-0.4, -0.2) is 37.6 Å². The van der Waals surface area contributed by atoms with Crippen molar-refractivity contribution in [2.45, 2.75) is 50.7 Å². The van der Waals surface area contributed by atoms with Crippen LogP contribution < -0.4 is 26.2 Å². The van der Waals surface area contributed by atoms with Crippen molar-refractivity contribution in [1.82, 2.24) is 21.5 Å². The van der Waals surface area contributed by atoms with E-state index < -0.39 is 5.54 Å². The molecule has 4 N–H and O–H groups in total. The zero-order chi connectivity index (χ0) is 18.4. The smallest absolute Gasteiger partial charge is 0.238 e. The summed E-state index contributed by atoms with van der Waals surface area (Å²) >= 11 is 0. The molecule has 0 bridgehead atoms. The van der Waals surface area contributed by atoms with E-state index in [2.05, 4.69) is 21.5 Å². The summed E-state index contributed by atoms with van der Waals surface area (Å²) in [7, 11) is 3.25. The van der Waals surface area contributed by atoms with Crippen molar-refractivity contribution in [2.75, 3.05) is 14.2 Å². The Labute approximate surface area is 148 Å². The van der Waals surface area contributed by atoms with E-state index in [-0.39, 0.29) is 23.9 Å². The van der Waals surface area contributed by atoms with Gasteiger partial charge in [-0.05, 0) is 44.4 Å². The van der Waals surface area contributed by atoms with Gasteiger partial charge < -0.3 is 15.4 Å². The number of methoxy groups -OCH3 is 1. The lowest BCUT2D eigenvalue weighted by Gasteiger charge is -2.27. The number of hydrogen-bond donors (Lipinski definition) is 4. The number of hydrazine groups is 1. The minimum atomic E-state index is -0.445. The van der Waals surface area contributed by atoms with Gasteiger partial charge in [0.15, 0.2) is 0 Å². The van der Waals surface area contributed by atoms with Crippen LogP contribution in [0.1, 0.15) is 44.7 Å². The average Bonchev–Trinajstić information content (AvgIpc) is 3.09. The zero-order valence-corrected chi connectivity index (χ0v) is 15.3. The molecular weight excluding hydrogens is 320 g/mol. The van der Waals surface area contributed by atoms with Crippen molar-refractivity contribution in [1.29, 1.82) is 0 Å². The maximum Gasteiger partial charge on any atom is 0.238 e. The second-order valence-corrected chi connectivity index (χ2v) is 6.95. The summed E-state index contributed by atoms with van der Waals surface area (Å²) in [5, 5.41) is 5.62. The minimum Gasteiger partial charge on any atom is -0.497 e. The second-order valence-electron chi connectivity index (χ2n) is 6.95. The van der Waals surface area contributed by atoms with Gasteiger partial charge in [-0.15, -0.1) is 0 Å². The first-order chi connectivity index (χ1) is 11.8. The predicted octanol–water partition coefficient (Wildman–Crippen LogP) is 1.02. The summed E-state index contributed by atoms with van der Waals surface area (Å²) in [6, 6.07) is 7.52. The fraction of sp³-hybridized carbons (Fsp3) is 0.556. The highest BCUT2D eigenvalue weighted by molar-refractivity contribution is 5.83. The average molecular weight is 348 g/mol. The van der Waals surface area contributed by atoms with Crippen LogP contribution >= 0.6 is 0 Å². The van der Waals surface area contributed by atoms with Crippen molar-refractivity contribution in [2.24, 2.45) is 0 Å². The van der Waals surface area contributed by atoms with E-state index in [1.807, 2.05) is 38.1 Å². The molecule has 2 rings (SSSR count). The van der Waals surface area contributed by atoms with Crippen LogP contribution in [0.15, 0.2) is 24.3 Å². The molecule has 1 heterocycles. The van der Waals surface area contributed by atoms with E-state index in [0.29, 0.717) is 19.3 Å². The molecule has 25 heavy (non-hydrogen) atoms. The zero-order valence-electron chi connectivity index (χ0n) is 15.3. The van der Waals surface area contributed by atoms with Gasteiger partial charge in [0.2, 0.25) is 11.8 Å². The van der Waals surface area contributed by atoms with E-state index in [0.717, 1.165) is 11.3 Å². The van der Waals surface area contributed by atoms with Crippen molar-refractivity contribution in [3.8, 4) is 5.75 Å². The molecule has 1 saturated heterocycles. The van der Waals surface area contributed by atoms with Crippen LogP contribution in [0.5, 0.6) is 5.75 Å². The summed E-state index contributed by atoms with van der Waals surface area (Å²) in [6.07, 6.45) is 1.61. The molecule has 7 heteroatoms. The van der Waals surface area contributed by atoms with Crippen molar-refractivity contribution >= 4 is 11.8 Å². The summed E-state index contributed by atoms with van der Waals surface area (Å²) in [6.45, 7) is 3.85. The van der Waals surface area contributed by atoms with Crippen LogP contribution in [0.2, 0.25) is 0 Å². The quantitative estimate of drug-likeness (QED) is 0.591. The molecule has 138 valence electrons. The van der Waals surface area contributed by atoms with Crippen molar-refractivity contribution < 1.29 is 14.3 Å². The Bertz CT molecular complexity index is 618. The van der Waals surface area contributed by atoms with Crippen molar-refractivity contribution in [3.05, 3.63) is 29.8 Å². The van der Waals surface area contributed by atoms with Crippen LogP contribution in [0.25, 0.3) is 0 Å². The molecule has 0 aliphatic carbocycles. The lowest BCUT2D eigenvalue weighted by atomic mass is 9.96. The Balaban J connectivity index is 1.90. The maximum absolute atomic E-state index is 12.5. The number of hydrogen-bond acceptors (Lipinski definition) is 5. The Morgan fingerprint density at radius 2 is 2.08 bits per heavy atom. The highest BCUT2D eigenvalue weighted by atomic mass is 16.5. The molecule has 1 aromatic rings. The van der Waals surface area contributed by atoms with Gasteiger partial charge in [-0.2, -0.15) is 0 Å². The summed E-state index contributed by atoms with van der Waals surface area (Å²) in [5.41, 5.74) is 6.85. The molecule has 0 saturated carbocycles. The molecule has 2 atom stereocenters. The summed E-state index contributed by atoms with van der Waals surface area (Å²) < 4.78 is 5.25. The number of carbonyl (C=O) groups is 2. The Morgan fingerprint density at radius 1 is 1.32 bits per heavy atom. The van der Waals surface area contributed by atoms with Gasteiger partial charge >= 0.3 is 0 Å². The lowest BCUT2D eigenvalue weighted by molar-refractivity contribution is -0.125. The highest BCUT2D eigenvalue weighted by Crippen LogP contribution is 2.25. The molecule has 7 nitrogen and oxygen atoms in total. The third-order valence-corrected chi connectivity index (χ3v) is 4.43. The van der Waals surface area contributed by atoms with Gasteiger partial charge in [0, 0.05) is 25.0 Å². The Kier molecular flexibility index (Phi) is 6.39. The predicted molar refractivity (Wildman–Crippen MR) is 95.9 cm³/mol. The normalized spacial score (nSPS) is 20.2. The van der Waals surface area contributed by atoms with E-state index >= 15 is 0 Å². The first kappa shape index (κ1) is 19.2. The first-order valence-electron chi connectivity index (χ1n) is 8.52. The number of amides is 2. The fourth-order valence-electron chi connectivity index (χ4n) is 2.84. The molecule has 2 unspecified atom stereocenters. The number of nitrogens with one attached hydrogen (secondary N) is 4. The molecule has 0 radical (unpaired) electrons. The van der Waals surface area contributed by atoms with Crippen LogP contribution in [0, 0.1) is 0 Å². The van der Waals surface area contributed by atoms with Gasteiger partial charge in [0.25, 0.3) is 0 Å². The largest absolute Gasteiger partial charge is 0.497 e. The van der Waals surface area contributed by atoms with Gasteiger partial charge in [-0.25, -0.2) is 10.9 Å². The molecule has 0 spiro atoms. The Hall–Kier alpha value is -2.12. The molecule has 1 aliphatic heterocycles. The highest BCUT2D eigenvalue weighted by Gasteiger charge is 2.33. The first-order valence-corrected chi connectivity index (χ1v) is 8.52. The van der Waals surface area contributed by atoms with Crippen molar-refractivity contribution in [3.63, 3.8) is 0 Å². The molecule has 1 fully saturated rings. The van der Waals surface area contributed by atoms with Gasteiger partial charge in [0.05, 0.1) is 7.11 Å². The number of ether oxygens (including phenoxy) is 1. The third kappa shape index (κ3) is 5.44. The number of carbonyl (C=O) groups excluding carboxylic acids is 2. The van der Waals surface area contributed by atoms with Crippen LogP contribution in [0.3, 0.4) is 0 Å². The maximum atomic E-state index is 12.5. The molecule has 1 aromatic carbocycles. The fourth-order valence-corrected chi connectivity index (χ4v) is 2.84. The van der Waals surface area contributed by atoms with Crippen LogP contribution in [0.4, 0.5) is 0 Å². The van der Waals surface area contributed by atoms with Gasteiger partial charge in [-0.3, -0.25) is 9.59 Å². The number of rotatable bonds is 7. The molecule has 1 aliphatic rings. The van der Waals surface area contributed by atoms with E-state index in [1.54, 1.807) is 14.2 Å². The summed E-state index contributed by atoms with van der Waals surface area (Å²) in [5.74, 6) is 0.698. The third-order valence-electron chi connectivity index (χ3n) is 4.43. The molecular formula is C18H28N4O3. The summed E-state index contributed by atoms with van der Waals surface area (Å²) in [4.78, 5) is 23.9. The van der Waals surface area contributed by atoms with Crippen LogP contribution in [-0.2, 0) is 9.59 Å². The van der Waals surface area contributed by atoms with Gasteiger partial charge in [-0.1, -0.05) is 12.1 Å². The number of benzene rings is 1. The second kappa shape index (κ2) is 8.31. The minimum absolute atomic E-state index is 0.0268. The molecule has 2 amide bonds. The topological polar surface area (TPSA) is 91.5 Å². The Morgan fingerprint density at radius 3 is 2.76 bits per heavy atom. The lowest BCUT2D eigenvalue weighted by Crippen LogP contribution is -2.51. The monoisotopic (exact) mass is 348 g/mol. The van der Waals surface area contributed by atoms with Gasteiger partial charge in [0.1, 0.15) is 11.8 Å². The SMILES string of the molecule is CNC(=O)CCC(C)(C)NC(=O)C1CC(c2cccc(OC)c2)NN1. The van der Waals surface area contributed by atoms with E-state index in [1.165, 1.54) is 0 Å². The standard InChI is InChI=1S/C18H28N4O3/c1-18(2,9-8-16(23)19-3)20-17(24)15-11-14(21-22-15)12-6-5-7-13(10-12)25-4/h5-7,10,14-15,21-22H,8-9,11H2,1-4H3,(H,19,23)(H,20,24).